The minimum Gasteiger partial charge on any atom is -0.381 e. The van der Waals surface area contributed by atoms with Crippen LogP contribution in [0.5, 0.6) is 0 Å². The van der Waals surface area contributed by atoms with Gasteiger partial charge in [0, 0.05) is 53.1 Å². The van der Waals surface area contributed by atoms with Crippen LogP contribution in [-0.4, -0.2) is 107 Å². The second-order valence-electron chi connectivity index (χ2n) is 12.3. The molecule has 13 heteroatoms. The Hall–Kier alpha value is -4.39. The lowest BCUT2D eigenvalue weighted by molar-refractivity contribution is -0.150. The number of ketones is 6. The van der Waals surface area contributed by atoms with Crippen molar-refractivity contribution >= 4 is 58.1 Å². The highest BCUT2D eigenvalue weighted by Gasteiger charge is 2.37. The maximum atomic E-state index is 12.0. The normalized spacial score (nSPS) is 21.6. The maximum absolute atomic E-state index is 12.0. The molecule has 0 saturated carbocycles. The quantitative estimate of drug-likeness (QED) is 0.392. The number of hydrogen-bond donors (Lipinski definition) is 0. The zero-order valence-electron chi connectivity index (χ0n) is 28.9. The van der Waals surface area contributed by atoms with Gasteiger partial charge in [-0.1, -0.05) is 18.2 Å². The molecule has 0 radical (unpaired) electrons. The Morgan fingerprint density at radius 3 is 1.62 bits per heavy atom. The van der Waals surface area contributed by atoms with Crippen molar-refractivity contribution in [2.45, 2.75) is 111 Å². The highest BCUT2D eigenvalue weighted by atomic mass is 16.5. The van der Waals surface area contributed by atoms with Crippen LogP contribution >= 0.6 is 0 Å². The Morgan fingerprint density at radius 2 is 1.12 bits per heavy atom. The number of ether oxygens (including phenoxy) is 1. The third-order valence-electron chi connectivity index (χ3n) is 8.69. The van der Waals surface area contributed by atoms with E-state index in [9.17, 15) is 43.2 Å². The monoisotopic (exact) mass is 669 g/mol. The zero-order valence-corrected chi connectivity index (χ0v) is 28.9. The minimum absolute atomic E-state index is 0.00934. The third kappa shape index (κ3) is 10.3. The molecule has 4 rings (SSSR count). The Bertz CT molecular complexity index is 1440. The van der Waals surface area contributed by atoms with E-state index in [1.54, 1.807) is 13.2 Å². The number of aryl methyl sites for hydroxylation is 1. The lowest BCUT2D eigenvalue weighted by atomic mass is 9.93. The van der Waals surface area contributed by atoms with E-state index >= 15 is 0 Å². The fourth-order valence-electron chi connectivity index (χ4n) is 6.13. The topological polar surface area (TPSA) is 173 Å². The van der Waals surface area contributed by atoms with E-state index in [2.05, 4.69) is 0 Å². The van der Waals surface area contributed by atoms with Crippen LogP contribution in [-0.2, 0) is 54.3 Å². The standard InChI is InChI=1S/C14H15NO3.C11H17NO4.C10H15NO3/c1-9(16)12-8-7-11-5-3-4-6-13(11)15(12)14(18)10(2)17;1-7(13)10-6-9(16-3)4-5-12(10)11(15)8(2)14;1-7(12)9-5-3-4-6-11(9)10(14)8(2)13/h3-6,12H,7-8H2,1-2H3;9-10H,4-6H2,1-3H3;9H,3-6H2,1-2H3. The number of Topliss-reactive ketones (excluding diaryl/α,β-unsaturated/α-hetero) is 6. The van der Waals surface area contributed by atoms with E-state index in [0.29, 0.717) is 44.5 Å². The predicted molar refractivity (Wildman–Crippen MR) is 175 cm³/mol. The Labute approximate surface area is 281 Å². The van der Waals surface area contributed by atoms with Crippen molar-refractivity contribution in [2.75, 3.05) is 25.1 Å². The van der Waals surface area contributed by atoms with Gasteiger partial charge in [-0.05, 0) is 70.9 Å². The van der Waals surface area contributed by atoms with Crippen molar-refractivity contribution < 1.29 is 47.9 Å². The molecule has 3 aliphatic rings. The van der Waals surface area contributed by atoms with Gasteiger partial charge in [0.1, 0.15) is 0 Å². The minimum atomic E-state index is -0.609. The van der Waals surface area contributed by atoms with Gasteiger partial charge in [-0.15, -0.1) is 0 Å². The second-order valence-corrected chi connectivity index (χ2v) is 12.3. The van der Waals surface area contributed by atoms with Crippen LogP contribution in [0.25, 0.3) is 0 Å². The predicted octanol–water partition coefficient (Wildman–Crippen LogP) is 2.23. The average molecular weight is 670 g/mol. The van der Waals surface area contributed by atoms with Gasteiger partial charge >= 0.3 is 0 Å². The largest absolute Gasteiger partial charge is 0.381 e. The van der Waals surface area contributed by atoms with Gasteiger partial charge in [-0.25, -0.2) is 0 Å². The lowest BCUT2D eigenvalue weighted by Gasteiger charge is -2.37. The van der Waals surface area contributed by atoms with Crippen LogP contribution < -0.4 is 4.90 Å². The smallest absolute Gasteiger partial charge is 0.294 e. The molecule has 13 nitrogen and oxygen atoms in total. The fraction of sp³-hybridized carbons (Fsp3) is 0.571. The van der Waals surface area contributed by atoms with Gasteiger partial charge < -0.3 is 14.5 Å². The van der Waals surface area contributed by atoms with E-state index in [1.807, 2.05) is 18.2 Å². The molecule has 0 spiro atoms. The molecule has 262 valence electrons. The Kier molecular flexibility index (Phi) is 15.1. The summed E-state index contributed by atoms with van der Waals surface area (Å²) in [5.74, 6) is -3.48. The Morgan fingerprint density at radius 1 is 0.604 bits per heavy atom. The van der Waals surface area contributed by atoms with Gasteiger partial charge in [0.25, 0.3) is 17.7 Å². The molecule has 3 aliphatic heterocycles. The number of anilines is 1. The van der Waals surface area contributed by atoms with Crippen LogP contribution in [0.1, 0.15) is 85.6 Å². The van der Waals surface area contributed by atoms with Crippen LogP contribution in [0.15, 0.2) is 24.3 Å². The van der Waals surface area contributed by atoms with Gasteiger partial charge in [-0.2, -0.15) is 0 Å². The van der Waals surface area contributed by atoms with Crippen LogP contribution in [0.4, 0.5) is 5.69 Å². The first kappa shape index (κ1) is 39.8. The molecule has 0 aliphatic carbocycles. The molecule has 2 fully saturated rings. The number of nitrogens with zero attached hydrogens (tertiary/aromatic N) is 3. The number of carbonyl (C=O) groups excluding carboxylic acids is 9. The molecule has 2 saturated heterocycles. The second kappa shape index (κ2) is 18.2. The maximum Gasteiger partial charge on any atom is 0.294 e. The average Bonchev–Trinajstić information content (AvgIpc) is 3.06. The first-order valence-corrected chi connectivity index (χ1v) is 16.1. The number of rotatable bonds is 7. The number of para-hydroxylation sites is 1. The van der Waals surface area contributed by atoms with Gasteiger partial charge in [-0.3, -0.25) is 48.1 Å². The van der Waals surface area contributed by atoms with E-state index in [1.165, 1.54) is 56.2 Å². The number of likely N-dealkylation sites (tertiary alicyclic amines) is 2. The van der Waals surface area contributed by atoms with Crippen molar-refractivity contribution in [2.24, 2.45) is 0 Å². The number of fused-ring (bicyclic) bond motifs is 1. The highest BCUT2D eigenvalue weighted by Crippen LogP contribution is 2.31. The van der Waals surface area contributed by atoms with Crippen molar-refractivity contribution in [3.63, 3.8) is 0 Å². The molecular formula is C35H47N3O10. The summed E-state index contributed by atoms with van der Waals surface area (Å²) in [6.45, 7) is 9.00. The summed E-state index contributed by atoms with van der Waals surface area (Å²) in [5.41, 5.74) is 1.69. The van der Waals surface area contributed by atoms with Crippen molar-refractivity contribution in [1.82, 2.24) is 9.80 Å². The summed E-state index contributed by atoms with van der Waals surface area (Å²) in [4.78, 5) is 107. The van der Waals surface area contributed by atoms with E-state index < -0.39 is 47.2 Å². The van der Waals surface area contributed by atoms with Crippen LogP contribution in [0, 0.1) is 0 Å². The molecule has 1 aromatic carbocycles. The fourth-order valence-corrected chi connectivity index (χ4v) is 6.13. The first-order chi connectivity index (χ1) is 22.5. The van der Waals surface area contributed by atoms with Crippen molar-refractivity contribution in [3.05, 3.63) is 29.8 Å². The number of piperidine rings is 2. The van der Waals surface area contributed by atoms with Crippen LogP contribution in [0.2, 0.25) is 0 Å². The third-order valence-corrected chi connectivity index (χ3v) is 8.69. The summed E-state index contributed by atoms with van der Waals surface area (Å²) in [6.07, 6.45) is 4.98. The molecule has 0 bridgehead atoms. The molecular weight excluding hydrogens is 622 g/mol. The van der Waals surface area contributed by atoms with Crippen molar-refractivity contribution in [3.8, 4) is 0 Å². The lowest BCUT2D eigenvalue weighted by Crippen LogP contribution is -2.52. The summed E-state index contributed by atoms with van der Waals surface area (Å²) < 4.78 is 5.18. The Balaban J connectivity index is 0.000000252. The summed E-state index contributed by atoms with van der Waals surface area (Å²) in [7, 11) is 1.59. The van der Waals surface area contributed by atoms with Crippen LogP contribution in [0.3, 0.4) is 0 Å². The van der Waals surface area contributed by atoms with E-state index in [4.69, 9.17) is 4.74 Å². The highest BCUT2D eigenvalue weighted by molar-refractivity contribution is 6.41. The summed E-state index contributed by atoms with van der Waals surface area (Å²) >= 11 is 0. The van der Waals surface area contributed by atoms with Gasteiger partial charge in [0.05, 0.1) is 24.2 Å². The number of methoxy groups -OCH3 is 1. The first-order valence-electron chi connectivity index (χ1n) is 16.1. The van der Waals surface area contributed by atoms with Crippen molar-refractivity contribution in [1.29, 1.82) is 0 Å². The number of hydrogen-bond acceptors (Lipinski definition) is 10. The molecule has 1 aromatic rings. The molecule has 4 unspecified atom stereocenters. The molecule has 0 aromatic heterocycles. The molecule has 4 atom stereocenters. The number of benzene rings is 1. The molecule has 3 amide bonds. The number of amides is 3. The number of carbonyl (C=O) groups is 9. The van der Waals surface area contributed by atoms with Gasteiger partial charge in [0.15, 0.2) is 17.3 Å². The summed E-state index contributed by atoms with van der Waals surface area (Å²) in [6, 6.07) is 5.99. The molecule has 48 heavy (non-hydrogen) atoms. The van der Waals surface area contributed by atoms with Gasteiger partial charge in [0.2, 0.25) is 17.3 Å². The molecule has 0 N–H and O–H groups in total. The summed E-state index contributed by atoms with van der Waals surface area (Å²) in [5, 5.41) is 0. The van der Waals surface area contributed by atoms with E-state index in [-0.39, 0.29) is 29.5 Å². The zero-order chi connectivity index (χ0) is 36.3. The van der Waals surface area contributed by atoms with E-state index in [0.717, 1.165) is 24.8 Å². The molecule has 3 heterocycles. The SMILES string of the molecule is CC(=O)C(=O)N1CCCCC1C(C)=O.CC(=O)C(=O)N1c2ccccc2CCC1C(C)=O.COC1CCN(C(=O)C(C)=O)C(C(C)=O)C1.